The molecule has 0 bridgehead atoms. The van der Waals surface area contributed by atoms with Crippen LogP contribution in [0.1, 0.15) is 17.5 Å². The lowest BCUT2D eigenvalue weighted by Crippen LogP contribution is -2.15. The van der Waals surface area contributed by atoms with Gasteiger partial charge in [-0.3, -0.25) is 0 Å². The molecule has 0 amide bonds. The van der Waals surface area contributed by atoms with Gasteiger partial charge in [0.1, 0.15) is 0 Å². The first-order chi connectivity index (χ1) is 7.81. The van der Waals surface area contributed by atoms with E-state index in [1.165, 1.54) is 9.35 Å². The highest BCUT2D eigenvalue weighted by Gasteiger charge is 2.03. The van der Waals surface area contributed by atoms with Crippen LogP contribution in [0.15, 0.2) is 22.1 Å². The number of aryl methyl sites for hydroxylation is 1. The third-order valence-corrected chi connectivity index (χ3v) is 4.21. The SMILES string of the molecule is CCn1nncc1CNCc1sccc1Br.Cl.Cl. The minimum atomic E-state index is 0. The van der Waals surface area contributed by atoms with Gasteiger partial charge in [0.05, 0.1) is 11.9 Å². The molecule has 0 atom stereocenters. The predicted molar refractivity (Wildman–Crippen MR) is 82.8 cm³/mol. The Labute approximate surface area is 131 Å². The average Bonchev–Trinajstić information content (AvgIpc) is 2.88. The Balaban J connectivity index is 0.00000144. The molecule has 2 rings (SSSR count). The quantitative estimate of drug-likeness (QED) is 0.874. The first-order valence-electron chi connectivity index (χ1n) is 5.11. The third-order valence-electron chi connectivity index (χ3n) is 2.28. The zero-order valence-corrected chi connectivity index (χ0v) is 13.8. The lowest BCUT2D eigenvalue weighted by Gasteiger charge is -2.04. The predicted octanol–water partition coefficient (Wildman–Crippen LogP) is 3.26. The second-order valence-electron chi connectivity index (χ2n) is 3.34. The maximum absolute atomic E-state index is 3.99. The van der Waals surface area contributed by atoms with Gasteiger partial charge in [0.2, 0.25) is 0 Å². The van der Waals surface area contributed by atoms with Crippen LogP contribution in [-0.2, 0) is 19.6 Å². The Bertz CT molecular complexity index is 460. The Morgan fingerprint density at radius 2 is 2.17 bits per heavy atom. The second-order valence-corrected chi connectivity index (χ2v) is 5.19. The smallest absolute Gasteiger partial charge is 0.0738 e. The molecule has 2 aromatic rings. The molecule has 102 valence electrons. The maximum atomic E-state index is 3.99. The van der Waals surface area contributed by atoms with Crippen molar-refractivity contribution in [3.05, 3.63) is 32.7 Å². The number of halogens is 3. The fraction of sp³-hybridized carbons (Fsp3) is 0.400. The number of aromatic nitrogens is 3. The van der Waals surface area contributed by atoms with E-state index in [1.807, 2.05) is 4.68 Å². The number of rotatable bonds is 5. The summed E-state index contributed by atoms with van der Waals surface area (Å²) in [4.78, 5) is 1.32. The molecule has 2 aromatic heterocycles. The van der Waals surface area contributed by atoms with Gasteiger partial charge < -0.3 is 5.32 Å². The van der Waals surface area contributed by atoms with Gasteiger partial charge in [-0.25, -0.2) is 4.68 Å². The number of nitrogens with one attached hydrogen (secondary N) is 1. The molecule has 0 aliphatic rings. The summed E-state index contributed by atoms with van der Waals surface area (Å²) in [6.45, 7) is 4.59. The molecular weight excluding hydrogens is 359 g/mol. The molecule has 0 saturated carbocycles. The van der Waals surface area contributed by atoms with E-state index in [9.17, 15) is 0 Å². The van der Waals surface area contributed by atoms with Gasteiger partial charge in [-0.05, 0) is 34.3 Å². The summed E-state index contributed by atoms with van der Waals surface area (Å²) in [6.07, 6.45) is 1.81. The Kier molecular flexibility index (Phi) is 8.81. The van der Waals surface area contributed by atoms with Crippen molar-refractivity contribution >= 4 is 52.1 Å². The molecule has 1 N–H and O–H groups in total. The summed E-state index contributed by atoms with van der Waals surface area (Å²) in [7, 11) is 0. The number of hydrogen-bond donors (Lipinski definition) is 1. The molecule has 0 spiro atoms. The number of nitrogens with zero attached hydrogens (tertiary/aromatic N) is 3. The third kappa shape index (κ3) is 4.51. The highest BCUT2D eigenvalue weighted by atomic mass is 79.9. The largest absolute Gasteiger partial charge is 0.306 e. The minimum absolute atomic E-state index is 0. The zero-order valence-electron chi connectivity index (χ0n) is 9.80. The zero-order chi connectivity index (χ0) is 11.4. The van der Waals surface area contributed by atoms with Crippen LogP contribution in [0.5, 0.6) is 0 Å². The molecule has 0 aromatic carbocycles. The molecule has 0 unspecified atom stereocenters. The van der Waals surface area contributed by atoms with Crippen LogP contribution in [0.2, 0.25) is 0 Å². The minimum Gasteiger partial charge on any atom is -0.306 e. The van der Waals surface area contributed by atoms with Gasteiger partial charge >= 0.3 is 0 Å². The van der Waals surface area contributed by atoms with Crippen molar-refractivity contribution in [3.8, 4) is 0 Å². The second kappa shape index (κ2) is 8.87. The van der Waals surface area contributed by atoms with E-state index < -0.39 is 0 Å². The van der Waals surface area contributed by atoms with Gasteiger partial charge in [0, 0.05) is 29.0 Å². The summed E-state index contributed by atoms with van der Waals surface area (Å²) in [5.74, 6) is 0. The first kappa shape index (κ1) is 17.9. The Morgan fingerprint density at radius 1 is 1.39 bits per heavy atom. The van der Waals surface area contributed by atoms with E-state index in [-0.39, 0.29) is 24.8 Å². The molecule has 2 heterocycles. The molecular formula is C10H15BrCl2N4S. The fourth-order valence-electron chi connectivity index (χ4n) is 1.44. The highest BCUT2D eigenvalue weighted by molar-refractivity contribution is 9.10. The van der Waals surface area contributed by atoms with Gasteiger partial charge in [0.25, 0.3) is 0 Å². The van der Waals surface area contributed by atoms with Gasteiger partial charge in [0.15, 0.2) is 0 Å². The maximum Gasteiger partial charge on any atom is 0.0738 e. The topological polar surface area (TPSA) is 42.7 Å². The Hall–Kier alpha value is -0.140. The molecule has 8 heteroatoms. The van der Waals surface area contributed by atoms with Crippen molar-refractivity contribution in [3.63, 3.8) is 0 Å². The van der Waals surface area contributed by atoms with Crippen LogP contribution in [0.25, 0.3) is 0 Å². The molecule has 4 nitrogen and oxygen atoms in total. The first-order valence-corrected chi connectivity index (χ1v) is 6.78. The fourth-order valence-corrected chi connectivity index (χ4v) is 2.90. The molecule has 18 heavy (non-hydrogen) atoms. The standard InChI is InChI=1S/C10H13BrN4S.2ClH/c1-2-15-8(6-13-14-15)5-12-7-10-9(11)3-4-16-10;;/h3-4,6,12H,2,5,7H2,1H3;2*1H. The van der Waals surface area contributed by atoms with Crippen molar-refractivity contribution in [2.75, 3.05) is 0 Å². The molecule has 0 aliphatic carbocycles. The van der Waals surface area contributed by atoms with Crippen LogP contribution < -0.4 is 5.32 Å². The van der Waals surface area contributed by atoms with Gasteiger partial charge in [-0.1, -0.05) is 5.21 Å². The van der Waals surface area contributed by atoms with Crippen molar-refractivity contribution < 1.29 is 0 Å². The van der Waals surface area contributed by atoms with Gasteiger partial charge in [-0.15, -0.1) is 41.2 Å². The van der Waals surface area contributed by atoms with Crippen LogP contribution in [0.4, 0.5) is 0 Å². The van der Waals surface area contributed by atoms with E-state index in [0.717, 1.165) is 25.3 Å². The summed E-state index contributed by atoms with van der Waals surface area (Å²) in [5, 5.41) is 13.3. The monoisotopic (exact) mass is 372 g/mol. The van der Waals surface area contributed by atoms with Crippen molar-refractivity contribution in [1.82, 2.24) is 20.3 Å². The lowest BCUT2D eigenvalue weighted by atomic mass is 10.4. The normalized spacial score (nSPS) is 9.67. The molecule has 0 fully saturated rings. The lowest BCUT2D eigenvalue weighted by molar-refractivity contribution is 0.569. The summed E-state index contributed by atoms with van der Waals surface area (Å²) >= 11 is 5.26. The van der Waals surface area contributed by atoms with E-state index in [1.54, 1.807) is 17.5 Å². The number of hydrogen-bond acceptors (Lipinski definition) is 4. The summed E-state index contributed by atoms with van der Waals surface area (Å²) in [6, 6.07) is 2.07. The van der Waals surface area contributed by atoms with Crippen molar-refractivity contribution in [2.24, 2.45) is 0 Å². The number of thiophene rings is 1. The molecule has 0 saturated heterocycles. The molecule has 0 aliphatic heterocycles. The summed E-state index contributed by atoms with van der Waals surface area (Å²) in [5.41, 5.74) is 1.12. The van der Waals surface area contributed by atoms with Crippen LogP contribution in [0, 0.1) is 0 Å². The van der Waals surface area contributed by atoms with E-state index in [2.05, 4.69) is 49.9 Å². The van der Waals surface area contributed by atoms with Gasteiger partial charge in [-0.2, -0.15) is 0 Å². The van der Waals surface area contributed by atoms with Crippen LogP contribution in [-0.4, -0.2) is 15.0 Å². The average molecular weight is 374 g/mol. The van der Waals surface area contributed by atoms with Crippen molar-refractivity contribution in [1.29, 1.82) is 0 Å². The van der Waals surface area contributed by atoms with Crippen molar-refractivity contribution in [2.45, 2.75) is 26.6 Å². The summed E-state index contributed by atoms with van der Waals surface area (Å²) < 4.78 is 3.07. The van der Waals surface area contributed by atoms with Crippen LogP contribution >= 0.6 is 52.1 Å². The Morgan fingerprint density at radius 3 is 2.78 bits per heavy atom. The van der Waals surface area contributed by atoms with E-state index in [0.29, 0.717) is 0 Å². The molecule has 0 radical (unpaired) electrons. The van der Waals surface area contributed by atoms with E-state index in [4.69, 9.17) is 0 Å². The van der Waals surface area contributed by atoms with E-state index >= 15 is 0 Å². The van der Waals surface area contributed by atoms with Crippen LogP contribution in [0.3, 0.4) is 0 Å². The highest BCUT2D eigenvalue weighted by Crippen LogP contribution is 2.22.